The van der Waals surface area contributed by atoms with Gasteiger partial charge in [0.1, 0.15) is 5.82 Å². The average molecular weight is 263 g/mol. The molecule has 1 aliphatic heterocycles. The Balaban J connectivity index is 1.86. The highest BCUT2D eigenvalue weighted by molar-refractivity contribution is 5.94. The number of anilines is 1. The molecule has 2 heterocycles. The van der Waals surface area contributed by atoms with Crippen molar-refractivity contribution in [2.75, 3.05) is 25.5 Å². The zero-order valence-corrected chi connectivity index (χ0v) is 11.5. The number of ether oxygens (including phenoxy) is 1. The SMILES string of the molecule is CCC1OCCC1CNC(=O)c1ccc(NC)nc1. The van der Waals surface area contributed by atoms with Gasteiger partial charge in [0, 0.05) is 32.3 Å². The van der Waals surface area contributed by atoms with Crippen LogP contribution in [0.5, 0.6) is 0 Å². The third-order valence-electron chi connectivity index (χ3n) is 3.56. The predicted octanol–water partition coefficient (Wildman–Crippen LogP) is 1.67. The first-order valence-corrected chi connectivity index (χ1v) is 6.78. The van der Waals surface area contributed by atoms with Gasteiger partial charge < -0.3 is 15.4 Å². The summed E-state index contributed by atoms with van der Waals surface area (Å²) in [6.45, 7) is 3.59. The van der Waals surface area contributed by atoms with E-state index in [2.05, 4.69) is 22.5 Å². The Morgan fingerprint density at radius 1 is 1.53 bits per heavy atom. The van der Waals surface area contributed by atoms with Crippen molar-refractivity contribution in [3.05, 3.63) is 23.9 Å². The van der Waals surface area contributed by atoms with Gasteiger partial charge in [0.25, 0.3) is 5.91 Å². The molecule has 1 saturated heterocycles. The summed E-state index contributed by atoms with van der Waals surface area (Å²) in [6.07, 6.45) is 3.89. The summed E-state index contributed by atoms with van der Waals surface area (Å²) in [7, 11) is 1.80. The molecule has 1 amide bonds. The molecule has 5 heteroatoms. The quantitative estimate of drug-likeness (QED) is 0.848. The lowest BCUT2D eigenvalue weighted by atomic mass is 9.99. The van der Waals surface area contributed by atoms with E-state index in [-0.39, 0.29) is 12.0 Å². The number of nitrogens with zero attached hydrogens (tertiary/aromatic N) is 1. The highest BCUT2D eigenvalue weighted by atomic mass is 16.5. The number of hydrogen-bond donors (Lipinski definition) is 2. The lowest BCUT2D eigenvalue weighted by Crippen LogP contribution is -2.32. The third kappa shape index (κ3) is 3.44. The fraction of sp³-hybridized carbons (Fsp3) is 0.571. The molecule has 2 unspecified atom stereocenters. The van der Waals surface area contributed by atoms with Crippen LogP contribution >= 0.6 is 0 Å². The van der Waals surface area contributed by atoms with Crippen LogP contribution in [0.2, 0.25) is 0 Å². The van der Waals surface area contributed by atoms with Gasteiger partial charge >= 0.3 is 0 Å². The normalized spacial score (nSPS) is 22.2. The Hall–Kier alpha value is -1.62. The van der Waals surface area contributed by atoms with Gasteiger partial charge in [-0.15, -0.1) is 0 Å². The minimum absolute atomic E-state index is 0.0723. The Kier molecular flexibility index (Phi) is 4.74. The number of hydrogen-bond acceptors (Lipinski definition) is 4. The second kappa shape index (κ2) is 6.52. The van der Waals surface area contributed by atoms with Gasteiger partial charge in [-0.2, -0.15) is 0 Å². The molecule has 5 nitrogen and oxygen atoms in total. The van der Waals surface area contributed by atoms with Gasteiger partial charge in [0.2, 0.25) is 0 Å². The van der Waals surface area contributed by atoms with Crippen molar-refractivity contribution in [2.45, 2.75) is 25.9 Å². The van der Waals surface area contributed by atoms with E-state index in [1.807, 2.05) is 0 Å². The van der Waals surface area contributed by atoms with Gasteiger partial charge in [-0.05, 0) is 25.0 Å². The van der Waals surface area contributed by atoms with E-state index in [0.29, 0.717) is 18.0 Å². The number of aromatic nitrogens is 1. The zero-order chi connectivity index (χ0) is 13.7. The number of rotatable bonds is 5. The van der Waals surface area contributed by atoms with Crippen LogP contribution < -0.4 is 10.6 Å². The molecule has 0 radical (unpaired) electrons. The molecule has 0 spiro atoms. The average Bonchev–Trinajstić information content (AvgIpc) is 2.92. The Morgan fingerprint density at radius 2 is 2.37 bits per heavy atom. The second-order valence-electron chi connectivity index (χ2n) is 4.76. The molecule has 0 bridgehead atoms. The van der Waals surface area contributed by atoms with Crippen molar-refractivity contribution in [1.29, 1.82) is 0 Å². The molecule has 104 valence electrons. The minimum Gasteiger partial charge on any atom is -0.378 e. The van der Waals surface area contributed by atoms with E-state index < -0.39 is 0 Å². The molecule has 19 heavy (non-hydrogen) atoms. The summed E-state index contributed by atoms with van der Waals surface area (Å²) >= 11 is 0. The highest BCUT2D eigenvalue weighted by Crippen LogP contribution is 2.22. The topological polar surface area (TPSA) is 63.2 Å². The first kappa shape index (κ1) is 13.8. The van der Waals surface area contributed by atoms with Crippen LogP contribution in [0.1, 0.15) is 30.1 Å². The zero-order valence-electron chi connectivity index (χ0n) is 11.5. The standard InChI is InChI=1S/C14H21N3O2/c1-3-12-10(6-7-19-12)8-17-14(18)11-4-5-13(15-2)16-9-11/h4-5,9-10,12H,3,6-8H2,1-2H3,(H,15,16)(H,17,18). The van der Waals surface area contributed by atoms with Crippen LogP contribution in [0, 0.1) is 5.92 Å². The van der Waals surface area contributed by atoms with Crippen molar-refractivity contribution in [1.82, 2.24) is 10.3 Å². The predicted molar refractivity (Wildman–Crippen MR) is 74.3 cm³/mol. The molecule has 1 aliphatic rings. The fourth-order valence-corrected chi connectivity index (χ4v) is 2.38. The molecule has 1 fully saturated rings. The van der Waals surface area contributed by atoms with Gasteiger partial charge in [0.15, 0.2) is 0 Å². The van der Waals surface area contributed by atoms with Gasteiger partial charge in [0.05, 0.1) is 11.7 Å². The van der Waals surface area contributed by atoms with Gasteiger partial charge in [-0.1, -0.05) is 6.92 Å². The Labute approximate surface area is 113 Å². The molecule has 1 aromatic rings. The minimum atomic E-state index is -0.0723. The molecule has 2 rings (SSSR count). The van der Waals surface area contributed by atoms with E-state index in [1.54, 1.807) is 25.4 Å². The number of nitrogens with one attached hydrogen (secondary N) is 2. The van der Waals surface area contributed by atoms with E-state index >= 15 is 0 Å². The molecule has 0 saturated carbocycles. The summed E-state index contributed by atoms with van der Waals surface area (Å²) in [5.41, 5.74) is 0.589. The largest absolute Gasteiger partial charge is 0.378 e. The lowest BCUT2D eigenvalue weighted by molar-refractivity contribution is 0.0827. The summed E-state index contributed by atoms with van der Waals surface area (Å²) < 4.78 is 5.61. The monoisotopic (exact) mass is 263 g/mol. The molecule has 0 aliphatic carbocycles. The van der Waals surface area contributed by atoms with E-state index in [1.165, 1.54) is 0 Å². The first-order valence-electron chi connectivity index (χ1n) is 6.78. The smallest absolute Gasteiger partial charge is 0.252 e. The fourth-order valence-electron chi connectivity index (χ4n) is 2.38. The van der Waals surface area contributed by atoms with E-state index in [9.17, 15) is 4.79 Å². The molecule has 1 aromatic heterocycles. The number of carbonyl (C=O) groups is 1. The summed E-state index contributed by atoms with van der Waals surface area (Å²) in [5, 5.41) is 5.89. The molecule has 2 N–H and O–H groups in total. The molecule has 2 atom stereocenters. The van der Waals surface area contributed by atoms with Gasteiger partial charge in [-0.25, -0.2) is 4.98 Å². The van der Waals surface area contributed by atoms with Crippen LogP contribution in [0.15, 0.2) is 18.3 Å². The highest BCUT2D eigenvalue weighted by Gasteiger charge is 2.26. The number of pyridine rings is 1. The van der Waals surface area contributed by atoms with Crippen LogP contribution in [-0.2, 0) is 4.74 Å². The van der Waals surface area contributed by atoms with Crippen molar-refractivity contribution in [3.8, 4) is 0 Å². The van der Waals surface area contributed by atoms with E-state index in [4.69, 9.17) is 4.74 Å². The first-order chi connectivity index (χ1) is 9.24. The van der Waals surface area contributed by atoms with Crippen LogP contribution in [0.3, 0.4) is 0 Å². The lowest BCUT2D eigenvalue weighted by Gasteiger charge is -2.17. The maximum atomic E-state index is 12.0. The van der Waals surface area contributed by atoms with Gasteiger partial charge in [-0.3, -0.25) is 4.79 Å². The van der Waals surface area contributed by atoms with Crippen LogP contribution in [0.25, 0.3) is 0 Å². The second-order valence-corrected chi connectivity index (χ2v) is 4.76. The van der Waals surface area contributed by atoms with Crippen molar-refractivity contribution >= 4 is 11.7 Å². The maximum absolute atomic E-state index is 12.0. The number of carbonyl (C=O) groups excluding carboxylic acids is 1. The van der Waals surface area contributed by atoms with Crippen LogP contribution in [-0.4, -0.2) is 37.2 Å². The Morgan fingerprint density at radius 3 is 3.00 bits per heavy atom. The van der Waals surface area contributed by atoms with Crippen molar-refractivity contribution < 1.29 is 9.53 Å². The molecular formula is C14H21N3O2. The van der Waals surface area contributed by atoms with Crippen LogP contribution in [0.4, 0.5) is 5.82 Å². The molecule has 0 aromatic carbocycles. The third-order valence-corrected chi connectivity index (χ3v) is 3.56. The number of amides is 1. The molecular weight excluding hydrogens is 242 g/mol. The summed E-state index contributed by atoms with van der Waals surface area (Å²) in [5.74, 6) is 1.11. The van der Waals surface area contributed by atoms with E-state index in [0.717, 1.165) is 25.3 Å². The van der Waals surface area contributed by atoms with Crippen molar-refractivity contribution in [3.63, 3.8) is 0 Å². The summed E-state index contributed by atoms with van der Waals surface area (Å²) in [4.78, 5) is 16.1. The Bertz CT molecular complexity index is 419. The maximum Gasteiger partial charge on any atom is 0.252 e. The summed E-state index contributed by atoms with van der Waals surface area (Å²) in [6, 6.07) is 3.57. The van der Waals surface area contributed by atoms with Crippen molar-refractivity contribution in [2.24, 2.45) is 5.92 Å².